The van der Waals surface area contributed by atoms with E-state index in [1.54, 1.807) is 14.0 Å². The Balaban J connectivity index is 2.28. The molecule has 4 nitrogen and oxygen atoms in total. The van der Waals surface area contributed by atoms with Crippen LogP contribution in [0.1, 0.15) is 18.7 Å². The molecule has 1 aromatic carbocycles. The number of rotatable bonds is 3. The molecule has 1 unspecified atom stereocenters. The maximum absolute atomic E-state index is 10.2. The first-order valence-electron chi connectivity index (χ1n) is 6.60. The minimum atomic E-state index is -0.629. The zero-order valence-electron chi connectivity index (χ0n) is 11.7. The molecule has 0 amide bonds. The van der Waals surface area contributed by atoms with Crippen LogP contribution in [-0.4, -0.2) is 21.6 Å². The van der Waals surface area contributed by atoms with Crippen molar-refractivity contribution in [2.45, 2.75) is 13.0 Å². The number of halogens is 1. The molecule has 0 aliphatic rings. The van der Waals surface area contributed by atoms with Crippen LogP contribution >= 0.6 is 15.9 Å². The maximum Gasteiger partial charge on any atom is 0.137 e. The molecular weight excluding hydrogens is 332 g/mol. The number of hydrogen-bond donors (Lipinski definition) is 1. The van der Waals surface area contributed by atoms with Crippen LogP contribution in [-0.2, 0) is 0 Å². The van der Waals surface area contributed by atoms with Crippen molar-refractivity contribution >= 4 is 21.6 Å². The predicted molar refractivity (Wildman–Crippen MR) is 85.5 cm³/mol. The first-order chi connectivity index (χ1) is 10.1. The van der Waals surface area contributed by atoms with Crippen LogP contribution in [0.25, 0.3) is 16.9 Å². The van der Waals surface area contributed by atoms with Gasteiger partial charge in [0.2, 0.25) is 0 Å². The zero-order valence-corrected chi connectivity index (χ0v) is 13.3. The van der Waals surface area contributed by atoms with Gasteiger partial charge in [-0.1, -0.05) is 12.1 Å². The molecular formula is C16H15BrN2O2. The van der Waals surface area contributed by atoms with E-state index in [1.165, 1.54) is 0 Å². The molecule has 21 heavy (non-hydrogen) atoms. The number of imidazole rings is 1. The number of hydrogen-bond acceptors (Lipinski definition) is 3. The monoisotopic (exact) mass is 346 g/mol. The average molecular weight is 347 g/mol. The molecule has 5 heteroatoms. The Labute approximate surface area is 131 Å². The molecule has 1 N–H and O–H groups in total. The van der Waals surface area contributed by atoms with Crippen molar-refractivity contribution < 1.29 is 9.84 Å². The lowest BCUT2D eigenvalue weighted by molar-refractivity contribution is 0.194. The molecule has 0 radical (unpaired) electrons. The highest BCUT2D eigenvalue weighted by molar-refractivity contribution is 9.10. The number of aromatic nitrogens is 2. The summed E-state index contributed by atoms with van der Waals surface area (Å²) >= 11 is 3.45. The number of benzene rings is 1. The van der Waals surface area contributed by atoms with E-state index in [9.17, 15) is 5.11 Å². The van der Waals surface area contributed by atoms with E-state index in [4.69, 9.17) is 4.74 Å². The van der Waals surface area contributed by atoms with Crippen molar-refractivity contribution in [3.63, 3.8) is 0 Å². The molecule has 3 aromatic rings. The zero-order chi connectivity index (χ0) is 15.0. The summed E-state index contributed by atoms with van der Waals surface area (Å²) < 4.78 is 8.11. The molecule has 108 valence electrons. The molecule has 2 heterocycles. The number of fused-ring (bicyclic) bond motifs is 1. The van der Waals surface area contributed by atoms with Gasteiger partial charge >= 0.3 is 0 Å². The minimum Gasteiger partial charge on any atom is -0.497 e. The molecule has 0 aliphatic carbocycles. The molecule has 1 atom stereocenters. The lowest BCUT2D eigenvalue weighted by Crippen LogP contribution is -1.99. The Kier molecular flexibility index (Phi) is 3.69. The SMILES string of the molecule is COc1cccc(-c2nc3ccc(Br)cn3c2C(C)O)c1. The van der Waals surface area contributed by atoms with Gasteiger partial charge in [-0.05, 0) is 47.1 Å². The summed E-state index contributed by atoms with van der Waals surface area (Å²) in [5.41, 5.74) is 3.25. The molecule has 3 rings (SSSR count). The standard InChI is InChI=1S/C16H15BrN2O2/c1-10(20)16-15(11-4-3-5-13(8-11)21-2)18-14-7-6-12(17)9-19(14)16/h3-10,20H,1-2H3. The molecule has 0 aliphatic heterocycles. The van der Waals surface area contributed by atoms with Gasteiger partial charge in [0.05, 0.1) is 24.6 Å². The lowest BCUT2D eigenvalue weighted by Gasteiger charge is -2.09. The maximum atomic E-state index is 10.2. The number of nitrogens with zero attached hydrogens (tertiary/aromatic N) is 2. The van der Waals surface area contributed by atoms with Gasteiger partial charge in [-0.3, -0.25) is 4.40 Å². The summed E-state index contributed by atoms with van der Waals surface area (Å²) in [6.07, 6.45) is 1.28. The largest absolute Gasteiger partial charge is 0.497 e. The minimum absolute atomic E-state index is 0.629. The summed E-state index contributed by atoms with van der Waals surface area (Å²) in [7, 11) is 1.63. The van der Waals surface area contributed by atoms with Crippen molar-refractivity contribution in [1.82, 2.24) is 9.38 Å². The average Bonchev–Trinajstić information content (AvgIpc) is 2.86. The highest BCUT2D eigenvalue weighted by atomic mass is 79.9. The van der Waals surface area contributed by atoms with E-state index < -0.39 is 6.10 Å². The van der Waals surface area contributed by atoms with E-state index in [0.29, 0.717) is 0 Å². The van der Waals surface area contributed by atoms with Crippen LogP contribution in [0.2, 0.25) is 0 Å². The Morgan fingerprint density at radius 3 is 2.81 bits per heavy atom. The number of pyridine rings is 1. The smallest absolute Gasteiger partial charge is 0.137 e. The summed E-state index contributed by atoms with van der Waals surface area (Å²) in [6, 6.07) is 11.5. The fourth-order valence-electron chi connectivity index (χ4n) is 2.42. The molecule has 0 bridgehead atoms. The molecule has 0 spiro atoms. The van der Waals surface area contributed by atoms with Gasteiger partial charge < -0.3 is 9.84 Å². The van der Waals surface area contributed by atoms with Crippen molar-refractivity contribution in [1.29, 1.82) is 0 Å². The first-order valence-corrected chi connectivity index (χ1v) is 7.39. The highest BCUT2D eigenvalue weighted by Crippen LogP contribution is 2.31. The van der Waals surface area contributed by atoms with Crippen molar-refractivity contribution in [3.8, 4) is 17.0 Å². The van der Waals surface area contributed by atoms with Crippen molar-refractivity contribution in [3.05, 3.63) is 52.8 Å². The fraction of sp³-hybridized carbons (Fsp3) is 0.188. The first kappa shape index (κ1) is 14.1. The Hall–Kier alpha value is -1.85. The van der Waals surface area contributed by atoms with E-state index in [2.05, 4.69) is 20.9 Å². The van der Waals surface area contributed by atoms with Crippen LogP contribution < -0.4 is 4.74 Å². The molecule has 0 fully saturated rings. The summed E-state index contributed by atoms with van der Waals surface area (Å²) in [6.45, 7) is 1.74. The second-order valence-electron chi connectivity index (χ2n) is 4.83. The van der Waals surface area contributed by atoms with Crippen LogP contribution in [0, 0.1) is 0 Å². The Morgan fingerprint density at radius 2 is 2.10 bits per heavy atom. The molecule has 0 saturated carbocycles. The van der Waals surface area contributed by atoms with Crippen molar-refractivity contribution in [2.75, 3.05) is 7.11 Å². The van der Waals surface area contributed by atoms with Gasteiger partial charge in [0.25, 0.3) is 0 Å². The van der Waals surface area contributed by atoms with Crippen LogP contribution in [0.5, 0.6) is 5.75 Å². The van der Waals surface area contributed by atoms with Gasteiger partial charge in [-0.15, -0.1) is 0 Å². The van der Waals surface area contributed by atoms with Crippen molar-refractivity contribution in [2.24, 2.45) is 0 Å². The van der Waals surface area contributed by atoms with E-state index >= 15 is 0 Å². The number of ether oxygens (including phenoxy) is 1. The third-order valence-corrected chi connectivity index (χ3v) is 3.83. The quantitative estimate of drug-likeness (QED) is 0.783. The Bertz CT molecular complexity index is 796. The highest BCUT2D eigenvalue weighted by Gasteiger charge is 2.18. The van der Waals surface area contributed by atoms with Crippen LogP contribution in [0.3, 0.4) is 0 Å². The summed E-state index contributed by atoms with van der Waals surface area (Å²) in [4.78, 5) is 4.65. The van der Waals surface area contributed by atoms with Crippen LogP contribution in [0.15, 0.2) is 47.1 Å². The fourth-order valence-corrected chi connectivity index (χ4v) is 2.76. The van der Waals surface area contributed by atoms with Gasteiger partial charge in [0.15, 0.2) is 0 Å². The van der Waals surface area contributed by atoms with Crippen LogP contribution in [0.4, 0.5) is 0 Å². The van der Waals surface area contributed by atoms with E-state index in [1.807, 2.05) is 47.0 Å². The van der Waals surface area contributed by atoms with Gasteiger partial charge in [-0.2, -0.15) is 0 Å². The topological polar surface area (TPSA) is 46.8 Å². The number of aliphatic hydroxyl groups is 1. The number of methoxy groups -OCH3 is 1. The summed E-state index contributed by atoms with van der Waals surface area (Å²) in [5.74, 6) is 0.766. The van der Waals surface area contributed by atoms with Gasteiger partial charge in [0, 0.05) is 16.2 Å². The molecule has 2 aromatic heterocycles. The van der Waals surface area contributed by atoms with Gasteiger partial charge in [0.1, 0.15) is 11.4 Å². The third-order valence-electron chi connectivity index (χ3n) is 3.36. The van der Waals surface area contributed by atoms with E-state index in [0.717, 1.165) is 32.8 Å². The predicted octanol–water partition coefficient (Wildman–Crippen LogP) is 3.83. The second-order valence-corrected chi connectivity index (χ2v) is 5.74. The normalized spacial score (nSPS) is 12.6. The number of aliphatic hydroxyl groups excluding tert-OH is 1. The lowest BCUT2D eigenvalue weighted by atomic mass is 10.1. The third kappa shape index (κ3) is 2.54. The summed E-state index contributed by atoms with van der Waals surface area (Å²) in [5, 5.41) is 10.2. The second kappa shape index (κ2) is 5.50. The molecule has 0 saturated heterocycles. The van der Waals surface area contributed by atoms with Gasteiger partial charge in [-0.25, -0.2) is 4.98 Å². The van der Waals surface area contributed by atoms with E-state index in [-0.39, 0.29) is 0 Å². The Morgan fingerprint density at radius 1 is 1.29 bits per heavy atom.